The van der Waals surface area contributed by atoms with Crippen molar-refractivity contribution in [2.75, 3.05) is 7.11 Å². The zero-order valence-corrected chi connectivity index (χ0v) is 10.4. The van der Waals surface area contributed by atoms with Crippen LogP contribution in [0.5, 0.6) is 5.75 Å². The van der Waals surface area contributed by atoms with E-state index in [2.05, 4.69) is 4.74 Å². The summed E-state index contributed by atoms with van der Waals surface area (Å²) in [4.78, 5) is 11.1. The van der Waals surface area contributed by atoms with Gasteiger partial charge in [0.1, 0.15) is 5.75 Å². The molecule has 0 aliphatic heterocycles. The van der Waals surface area contributed by atoms with Crippen LogP contribution in [0.3, 0.4) is 0 Å². The molecule has 0 fully saturated rings. The van der Waals surface area contributed by atoms with Gasteiger partial charge in [-0.1, -0.05) is 6.07 Å². The van der Waals surface area contributed by atoms with Crippen LogP contribution in [0, 0.1) is 0 Å². The lowest BCUT2D eigenvalue weighted by atomic mass is 10.1. The van der Waals surface area contributed by atoms with E-state index < -0.39 is 0 Å². The number of aliphatic hydroxyl groups excluding tert-OH is 1. The maximum absolute atomic E-state index is 11.1. The molecular formula is C13H18O4. The van der Waals surface area contributed by atoms with E-state index in [1.165, 1.54) is 7.11 Å². The zero-order chi connectivity index (χ0) is 12.8. The molecule has 0 aliphatic carbocycles. The summed E-state index contributed by atoms with van der Waals surface area (Å²) in [5.74, 6) is 0.350. The average molecular weight is 238 g/mol. The summed E-state index contributed by atoms with van der Waals surface area (Å²) in [7, 11) is 1.35. The van der Waals surface area contributed by atoms with Crippen LogP contribution in [-0.2, 0) is 22.6 Å². The third-order valence-electron chi connectivity index (χ3n) is 2.23. The van der Waals surface area contributed by atoms with Crippen LogP contribution in [0.2, 0.25) is 0 Å². The van der Waals surface area contributed by atoms with Gasteiger partial charge in [0.15, 0.2) is 0 Å². The first kappa shape index (κ1) is 13.5. The summed E-state index contributed by atoms with van der Waals surface area (Å²) in [6, 6.07) is 5.33. The van der Waals surface area contributed by atoms with Crippen molar-refractivity contribution in [3.05, 3.63) is 29.3 Å². The Kier molecular flexibility index (Phi) is 4.97. The molecule has 0 bridgehead atoms. The lowest BCUT2D eigenvalue weighted by molar-refractivity contribution is -0.139. The molecule has 0 atom stereocenters. The van der Waals surface area contributed by atoms with Crippen molar-refractivity contribution in [3.63, 3.8) is 0 Å². The number of hydrogen-bond donors (Lipinski definition) is 1. The van der Waals surface area contributed by atoms with Crippen LogP contribution in [0.4, 0.5) is 0 Å². The van der Waals surface area contributed by atoms with Gasteiger partial charge in [-0.15, -0.1) is 0 Å². The van der Waals surface area contributed by atoms with Crippen molar-refractivity contribution in [1.29, 1.82) is 0 Å². The molecule has 0 spiro atoms. The molecule has 4 heteroatoms. The smallest absolute Gasteiger partial charge is 0.309 e. The minimum atomic E-state index is -0.300. The van der Waals surface area contributed by atoms with E-state index in [0.717, 1.165) is 5.56 Å². The van der Waals surface area contributed by atoms with Gasteiger partial charge in [0.2, 0.25) is 0 Å². The van der Waals surface area contributed by atoms with E-state index in [1.54, 1.807) is 18.2 Å². The van der Waals surface area contributed by atoms with Crippen LogP contribution in [-0.4, -0.2) is 24.3 Å². The molecular weight excluding hydrogens is 220 g/mol. The monoisotopic (exact) mass is 238 g/mol. The molecule has 94 valence electrons. The maximum Gasteiger partial charge on any atom is 0.309 e. The van der Waals surface area contributed by atoms with Crippen molar-refractivity contribution >= 4 is 5.97 Å². The quantitative estimate of drug-likeness (QED) is 0.793. The SMILES string of the molecule is COC(=O)Cc1ccc(OC(C)C)c(CO)c1. The van der Waals surface area contributed by atoms with Crippen molar-refractivity contribution in [3.8, 4) is 5.75 Å². The van der Waals surface area contributed by atoms with Gasteiger partial charge >= 0.3 is 5.97 Å². The van der Waals surface area contributed by atoms with E-state index in [4.69, 9.17) is 4.74 Å². The molecule has 0 unspecified atom stereocenters. The number of rotatable bonds is 5. The second kappa shape index (κ2) is 6.25. The van der Waals surface area contributed by atoms with Crippen LogP contribution in [0.1, 0.15) is 25.0 Å². The number of ether oxygens (including phenoxy) is 2. The highest BCUT2D eigenvalue weighted by Gasteiger charge is 2.09. The fourth-order valence-electron chi connectivity index (χ4n) is 1.47. The highest BCUT2D eigenvalue weighted by molar-refractivity contribution is 5.72. The van der Waals surface area contributed by atoms with E-state index in [9.17, 15) is 9.90 Å². The van der Waals surface area contributed by atoms with Crippen LogP contribution in [0.15, 0.2) is 18.2 Å². The minimum Gasteiger partial charge on any atom is -0.491 e. The summed E-state index contributed by atoms with van der Waals surface area (Å²) < 4.78 is 10.1. The normalized spacial score (nSPS) is 10.4. The number of aliphatic hydroxyl groups is 1. The third-order valence-corrected chi connectivity index (χ3v) is 2.23. The third kappa shape index (κ3) is 4.07. The predicted molar refractivity (Wildman–Crippen MR) is 63.8 cm³/mol. The molecule has 0 radical (unpaired) electrons. The average Bonchev–Trinajstić information content (AvgIpc) is 2.30. The molecule has 4 nitrogen and oxygen atoms in total. The molecule has 1 N–H and O–H groups in total. The fourth-order valence-corrected chi connectivity index (χ4v) is 1.47. The van der Waals surface area contributed by atoms with Gasteiger partial charge < -0.3 is 14.6 Å². The zero-order valence-electron chi connectivity index (χ0n) is 10.4. The number of benzene rings is 1. The summed E-state index contributed by atoms with van der Waals surface area (Å²) >= 11 is 0. The Bertz CT molecular complexity index is 385. The van der Waals surface area contributed by atoms with Crippen molar-refractivity contribution in [2.24, 2.45) is 0 Å². The molecule has 0 heterocycles. The Morgan fingerprint density at radius 3 is 2.65 bits per heavy atom. The fraction of sp³-hybridized carbons (Fsp3) is 0.462. The Hall–Kier alpha value is -1.55. The van der Waals surface area contributed by atoms with Gasteiger partial charge in [0.05, 0.1) is 26.2 Å². The van der Waals surface area contributed by atoms with E-state index in [-0.39, 0.29) is 25.1 Å². The molecule has 1 aromatic carbocycles. The van der Waals surface area contributed by atoms with Gasteiger partial charge in [0, 0.05) is 5.56 Å². The molecule has 1 aromatic rings. The van der Waals surface area contributed by atoms with Crippen molar-refractivity contribution in [1.82, 2.24) is 0 Å². The van der Waals surface area contributed by atoms with Crippen molar-refractivity contribution < 1.29 is 19.4 Å². The maximum atomic E-state index is 11.1. The van der Waals surface area contributed by atoms with Crippen molar-refractivity contribution in [2.45, 2.75) is 33.0 Å². The Labute approximate surface area is 101 Å². The van der Waals surface area contributed by atoms with Gasteiger partial charge in [-0.05, 0) is 31.5 Å². The Balaban J connectivity index is 2.88. The molecule has 0 aliphatic rings. The second-order valence-electron chi connectivity index (χ2n) is 4.02. The number of carbonyl (C=O) groups is 1. The van der Waals surface area contributed by atoms with Crippen LogP contribution >= 0.6 is 0 Å². The number of methoxy groups -OCH3 is 1. The number of esters is 1. The summed E-state index contributed by atoms with van der Waals surface area (Å²) in [6.45, 7) is 3.73. The highest BCUT2D eigenvalue weighted by Crippen LogP contribution is 2.22. The molecule has 0 amide bonds. The van der Waals surface area contributed by atoms with E-state index >= 15 is 0 Å². The molecule has 0 saturated heterocycles. The first-order valence-corrected chi connectivity index (χ1v) is 5.53. The largest absolute Gasteiger partial charge is 0.491 e. The molecule has 1 rings (SSSR count). The molecule has 17 heavy (non-hydrogen) atoms. The number of hydrogen-bond acceptors (Lipinski definition) is 4. The van der Waals surface area contributed by atoms with Crippen LogP contribution < -0.4 is 4.74 Å². The van der Waals surface area contributed by atoms with Gasteiger partial charge in [0.25, 0.3) is 0 Å². The van der Waals surface area contributed by atoms with Gasteiger partial charge in [-0.3, -0.25) is 4.79 Å². The van der Waals surface area contributed by atoms with E-state index in [0.29, 0.717) is 11.3 Å². The Morgan fingerprint density at radius 1 is 1.41 bits per heavy atom. The first-order valence-electron chi connectivity index (χ1n) is 5.53. The summed E-state index contributed by atoms with van der Waals surface area (Å²) in [6.07, 6.45) is 0.248. The minimum absolute atomic E-state index is 0.0479. The predicted octanol–water partition coefficient (Wildman–Crippen LogP) is 1.68. The number of carbonyl (C=O) groups excluding carboxylic acids is 1. The van der Waals surface area contributed by atoms with E-state index in [1.807, 2.05) is 13.8 Å². The lowest BCUT2D eigenvalue weighted by Crippen LogP contribution is -2.09. The molecule has 0 saturated carbocycles. The highest BCUT2D eigenvalue weighted by atomic mass is 16.5. The first-order chi connectivity index (χ1) is 8.06. The van der Waals surface area contributed by atoms with Gasteiger partial charge in [-0.25, -0.2) is 0 Å². The lowest BCUT2D eigenvalue weighted by Gasteiger charge is -2.14. The van der Waals surface area contributed by atoms with Gasteiger partial charge in [-0.2, -0.15) is 0 Å². The molecule has 0 aromatic heterocycles. The topological polar surface area (TPSA) is 55.8 Å². The van der Waals surface area contributed by atoms with Crippen LogP contribution in [0.25, 0.3) is 0 Å². The summed E-state index contributed by atoms with van der Waals surface area (Å²) in [5.41, 5.74) is 1.48. The standard InChI is InChI=1S/C13H18O4/c1-9(2)17-12-5-4-10(6-11(12)8-14)7-13(15)16-3/h4-6,9,14H,7-8H2,1-3H3. The second-order valence-corrected chi connectivity index (χ2v) is 4.02. The summed E-state index contributed by atoms with van der Waals surface area (Å²) in [5, 5.41) is 9.25. The Morgan fingerprint density at radius 2 is 2.12 bits per heavy atom.